The third kappa shape index (κ3) is 9.17. The lowest BCUT2D eigenvalue weighted by Gasteiger charge is -2.15. The number of allylic oxidation sites excluding steroid dienone is 1. The minimum Gasteiger partial charge on any atom is -0.427 e. The van der Waals surface area contributed by atoms with Crippen LogP contribution in [0.5, 0.6) is 0 Å². The van der Waals surface area contributed by atoms with E-state index < -0.39 is 11.9 Å². The lowest BCUT2D eigenvalue weighted by atomic mass is 9.95. The van der Waals surface area contributed by atoms with E-state index in [-0.39, 0.29) is 16.6 Å². The van der Waals surface area contributed by atoms with Gasteiger partial charge in [0, 0.05) is 43.2 Å². The molecule has 5 aromatic rings. The summed E-state index contributed by atoms with van der Waals surface area (Å²) in [6.45, 7) is 13.2. The zero-order valence-corrected chi connectivity index (χ0v) is 38.3. The van der Waals surface area contributed by atoms with Crippen molar-refractivity contribution >= 4 is 93.2 Å². The van der Waals surface area contributed by atoms with Crippen LogP contribution in [0.25, 0.3) is 44.1 Å². The average molecular weight is 847 g/mol. The fourth-order valence-corrected chi connectivity index (χ4v) is 14.5. The standard InChI is InChI=1S/C47H58O4S5/c1-7-9-11-13-15-17-19-21-23-30-31(24-22-20-18-16-14-12-10-8-2)44(38-27-34-35(54-38)28-39(55-34)47(4,5)6)56-43(30)37-26-33-32(53-37)25-36(52-33)42-41-40(45(48)51-42)29(3)50-46(41)49/h25-28H,7-24H2,1-6H3. The maximum absolute atomic E-state index is 12.7. The molecule has 0 spiro atoms. The van der Waals surface area contributed by atoms with Crippen LogP contribution in [-0.4, -0.2) is 11.9 Å². The molecule has 300 valence electrons. The molecule has 7 rings (SSSR count). The van der Waals surface area contributed by atoms with Gasteiger partial charge in [-0.25, -0.2) is 9.59 Å². The van der Waals surface area contributed by atoms with Crippen molar-refractivity contribution in [3.8, 4) is 19.5 Å². The van der Waals surface area contributed by atoms with Crippen molar-refractivity contribution < 1.29 is 19.1 Å². The Kier molecular flexibility index (Phi) is 13.8. The number of thiophene rings is 5. The van der Waals surface area contributed by atoms with E-state index in [1.807, 2.05) is 45.3 Å². The predicted octanol–water partition coefficient (Wildman–Crippen LogP) is 16.4. The Balaban J connectivity index is 1.21. The number of carbonyl (C=O) groups excluding carboxylic acids is 2. The summed E-state index contributed by atoms with van der Waals surface area (Å²) in [5.74, 6) is -0.332. The van der Waals surface area contributed by atoms with Crippen LogP contribution in [0.3, 0.4) is 0 Å². The third-order valence-electron chi connectivity index (χ3n) is 11.2. The highest BCUT2D eigenvalue weighted by atomic mass is 32.1. The van der Waals surface area contributed by atoms with Crippen molar-refractivity contribution in [1.29, 1.82) is 0 Å². The van der Waals surface area contributed by atoms with Gasteiger partial charge in [0.05, 0.1) is 4.88 Å². The van der Waals surface area contributed by atoms with Crippen molar-refractivity contribution in [2.75, 3.05) is 0 Å². The van der Waals surface area contributed by atoms with E-state index in [0.29, 0.717) is 11.5 Å². The zero-order valence-electron chi connectivity index (χ0n) is 34.2. The van der Waals surface area contributed by atoms with Crippen LogP contribution in [0.1, 0.15) is 165 Å². The number of hydrogen-bond acceptors (Lipinski definition) is 9. The maximum Gasteiger partial charge on any atom is 0.348 e. The highest BCUT2D eigenvalue weighted by Gasteiger charge is 2.44. The third-order valence-corrected chi connectivity index (χ3v) is 17.8. The van der Waals surface area contributed by atoms with Crippen molar-refractivity contribution in [2.24, 2.45) is 0 Å². The molecule has 0 amide bonds. The Hall–Kier alpha value is -2.56. The molecule has 0 atom stereocenters. The Morgan fingerprint density at radius 3 is 1.43 bits per heavy atom. The molecule has 56 heavy (non-hydrogen) atoms. The van der Waals surface area contributed by atoms with Crippen molar-refractivity contribution in [1.82, 2.24) is 0 Å². The van der Waals surface area contributed by atoms with Gasteiger partial charge in [-0.1, -0.05) is 125 Å². The summed E-state index contributed by atoms with van der Waals surface area (Å²) < 4.78 is 16.1. The lowest BCUT2D eigenvalue weighted by Crippen LogP contribution is -2.07. The van der Waals surface area contributed by atoms with E-state index in [1.54, 1.807) is 29.4 Å². The smallest absolute Gasteiger partial charge is 0.348 e. The number of hydrogen-bond donors (Lipinski definition) is 0. The minimum atomic E-state index is -0.500. The van der Waals surface area contributed by atoms with Crippen LogP contribution in [0.15, 0.2) is 41.2 Å². The molecular formula is C47H58O4S5. The fourth-order valence-electron chi connectivity index (χ4n) is 8.01. The molecule has 0 bridgehead atoms. The van der Waals surface area contributed by atoms with Crippen molar-refractivity contribution in [3.63, 3.8) is 0 Å². The van der Waals surface area contributed by atoms with Crippen molar-refractivity contribution in [3.05, 3.63) is 62.1 Å². The summed E-state index contributed by atoms with van der Waals surface area (Å²) in [4.78, 5) is 33.3. The number of fused-ring (bicyclic) bond motifs is 3. The first kappa shape index (κ1) is 41.6. The molecule has 0 fully saturated rings. The summed E-state index contributed by atoms with van der Waals surface area (Å²) in [5.41, 5.74) is 3.87. The SMILES string of the molecule is CCCCCCCCCCc1c(-c2cc3sc(C4=C5C(=O)OC(C)=C5C(=O)O4)cc3s2)sc(-c2cc3sc(C(C)(C)C)cc3s2)c1CCCCCCCCCC. The summed E-state index contributed by atoms with van der Waals surface area (Å²) >= 11 is 9.40. The minimum absolute atomic E-state index is 0.158. The number of unbranched alkanes of at least 4 members (excludes halogenated alkanes) is 14. The maximum atomic E-state index is 12.7. The van der Waals surface area contributed by atoms with Gasteiger partial charge >= 0.3 is 11.9 Å². The number of carbonyl (C=O) groups is 2. The zero-order chi connectivity index (χ0) is 39.4. The molecule has 0 saturated heterocycles. The van der Waals surface area contributed by atoms with Crippen LogP contribution in [-0.2, 0) is 37.3 Å². The molecular weight excluding hydrogens is 789 g/mol. The highest BCUT2D eigenvalue weighted by molar-refractivity contribution is 7.34. The monoisotopic (exact) mass is 846 g/mol. The molecule has 0 radical (unpaired) electrons. The summed E-state index contributed by atoms with van der Waals surface area (Å²) in [5, 5.41) is 0. The summed E-state index contributed by atoms with van der Waals surface area (Å²) in [7, 11) is 0. The topological polar surface area (TPSA) is 52.6 Å². The molecule has 2 aliphatic rings. The Morgan fingerprint density at radius 2 is 0.929 bits per heavy atom. The van der Waals surface area contributed by atoms with Crippen LogP contribution < -0.4 is 0 Å². The van der Waals surface area contributed by atoms with Crippen LogP contribution in [0.4, 0.5) is 0 Å². The van der Waals surface area contributed by atoms with E-state index in [4.69, 9.17) is 9.47 Å². The first-order valence-corrected chi connectivity index (χ1v) is 25.3. The van der Waals surface area contributed by atoms with Gasteiger partial charge in [0.25, 0.3) is 0 Å². The number of esters is 2. The molecule has 5 aromatic heterocycles. The molecule has 0 aromatic carbocycles. The molecule has 2 aliphatic heterocycles. The number of ether oxygens (including phenoxy) is 2. The second-order valence-corrected chi connectivity index (χ2v) is 22.1. The average Bonchev–Trinajstić information content (AvgIpc) is 4.00. The quantitative estimate of drug-likeness (QED) is 0.0545. The molecule has 7 heterocycles. The highest BCUT2D eigenvalue weighted by Crippen LogP contribution is 2.52. The summed E-state index contributed by atoms with van der Waals surface area (Å²) in [6.07, 6.45) is 23.5. The normalized spacial score (nSPS) is 14.7. The Morgan fingerprint density at radius 1 is 0.500 bits per heavy atom. The largest absolute Gasteiger partial charge is 0.427 e. The van der Waals surface area contributed by atoms with Gasteiger partial charge in [-0.05, 0) is 73.4 Å². The van der Waals surface area contributed by atoms with Gasteiger partial charge in [0.1, 0.15) is 16.9 Å². The van der Waals surface area contributed by atoms with Crippen LogP contribution in [0.2, 0.25) is 0 Å². The van der Waals surface area contributed by atoms with E-state index >= 15 is 0 Å². The molecule has 9 heteroatoms. The number of cyclic esters (lactones) is 2. The number of rotatable bonds is 21. The Bertz CT molecular complexity index is 2180. The van der Waals surface area contributed by atoms with Gasteiger partial charge in [-0.15, -0.1) is 56.7 Å². The van der Waals surface area contributed by atoms with Gasteiger partial charge in [-0.2, -0.15) is 0 Å². The lowest BCUT2D eigenvalue weighted by molar-refractivity contribution is -0.133. The van der Waals surface area contributed by atoms with Gasteiger partial charge < -0.3 is 9.47 Å². The van der Waals surface area contributed by atoms with E-state index in [9.17, 15) is 9.59 Å². The predicted molar refractivity (Wildman–Crippen MR) is 245 cm³/mol. The summed E-state index contributed by atoms with van der Waals surface area (Å²) in [6, 6.07) is 9.38. The van der Waals surface area contributed by atoms with Crippen LogP contribution in [0, 0.1) is 0 Å². The fraction of sp³-hybridized carbons (Fsp3) is 0.532. The first-order chi connectivity index (χ1) is 27.1. The Labute approximate surface area is 354 Å². The van der Waals surface area contributed by atoms with E-state index in [0.717, 1.165) is 27.1 Å². The second-order valence-electron chi connectivity index (χ2n) is 16.7. The van der Waals surface area contributed by atoms with E-state index in [1.165, 1.54) is 137 Å². The second kappa shape index (κ2) is 18.6. The van der Waals surface area contributed by atoms with Crippen molar-refractivity contribution in [2.45, 2.75) is 163 Å². The van der Waals surface area contributed by atoms with Gasteiger partial charge in [0.2, 0.25) is 0 Å². The van der Waals surface area contributed by atoms with E-state index in [2.05, 4.69) is 58.9 Å². The first-order valence-electron chi connectivity index (χ1n) is 21.2. The van der Waals surface area contributed by atoms with Crippen LogP contribution >= 0.6 is 56.7 Å². The molecule has 4 nitrogen and oxygen atoms in total. The van der Waals surface area contributed by atoms with Gasteiger partial charge in [0.15, 0.2) is 5.76 Å². The molecule has 0 N–H and O–H groups in total. The molecule has 0 saturated carbocycles. The molecule has 0 aliphatic carbocycles. The van der Waals surface area contributed by atoms with Gasteiger partial charge in [-0.3, -0.25) is 0 Å². The molecule has 0 unspecified atom stereocenters.